The highest BCUT2D eigenvalue weighted by Gasteiger charge is 2.55. The Morgan fingerprint density at radius 3 is 2.43 bits per heavy atom. The first-order chi connectivity index (χ1) is 14.5. The molecule has 5 aliphatic rings. The summed E-state index contributed by atoms with van der Waals surface area (Å²) in [4.78, 5) is 41.8. The lowest BCUT2D eigenvalue weighted by Crippen LogP contribution is -2.62. The zero-order chi connectivity index (χ0) is 20.9. The van der Waals surface area contributed by atoms with Crippen molar-refractivity contribution in [3.63, 3.8) is 0 Å². The van der Waals surface area contributed by atoms with Crippen LogP contribution in [0.5, 0.6) is 0 Å². The first-order valence-corrected chi connectivity index (χ1v) is 11.4. The molecule has 4 aliphatic carbocycles. The van der Waals surface area contributed by atoms with Crippen LogP contribution in [0, 0.1) is 17.8 Å². The fourth-order valence-corrected chi connectivity index (χ4v) is 6.91. The molecule has 2 heterocycles. The predicted molar refractivity (Wildman–Crippen MR) is 109 cm³/mol. The molecule has 0 aromatic carbocycles. The van der Waals surface area contributed by atoms with E-state index in [1.165, 1.54) is 19.3 Å². The second-order valence-electron chi connectivity index (χ2n) is 9.92. The summed E-state index contributed by atoms with van der Waals surface area (Å²) in [5.41, 5.74) is -0.166. The van der Waals surface area contributed by atoms with E-state index in [4.69, 9.17) is 4.42 Å². The van der Waals surface area contributed by atoms with Crippen LogP contribution in [0.4, 0.5) is 4.79 Å². The van der Waals surface area contributed by atoms with Crippen molar-refractivity contribution in [2.45, 2.75) is 76.4 Å². The average Bonchev–Trinajstić information content (AvgIpc) is 3.29. The van der Waals surface area contributed by atoms with E-state index in [9.17, 15) is 14.4 Å². The Balaban J connectivity index is 1.39. The number of nitrogens with zero attached hydrogens (tertiary/aromatic N) is 2. The zero-order valence-electron chi connectivity index (χ0n) is 17.6. The number of hydrogen-bond donors (Lipinski definition) is 1. The largest absolute Gasteiger partial charge is 0.467 e. The summed E-state index contributed by atoms with van der Waals surface area (Å²) in [5.74, 6) is 2.39. The molecule has 4 bridgehead atoms. The molecule has 1 unspecified atom stereocenters. The van der Waals surface area contributed by atoms with Crippen LogP contribution in [0.1, 0.15) is 64.1 Å². The van der Waals surface area contributed by atoms with Gasteiger partial charge in [-0.05, 0) is 74.8 Å². The topological polar surface area (TPSA) is 82.9 Å². The lowest BCUT2D eigenvalue weighted by Gasteiger charge is -2.60. The molecule has 4 amide bonds. The quantitative estimate of drug-likeness (QED) is 0.696. The van der Waals surface area contributed by atoms with Gasteiger partial charge in [-0.3, -0.25) is 14.5 Å². The van der Waals surface area contributed by atoms with Crippen molar-refractivity contribution in [1.82, 2.24) is 15.1 Å². The number of rotatable bonds is 7. The van der Waals surface area contributed by atoms with Crippen LogP contribution in [-0.4, -0.2) is 45.8 Å². The highest BCUT2D eigenvalue weighted by atomic mass is 16.3. The minimum atomic E-state index is -0.506. The normalized spacial score (nSPS) is 34.5. The minimum Gasteiger partial charge on any atom is -0.467 e. The minimum absolute atomic E-state index is 0.144. The molecule has 0 radical (unpaired) electrons. The Hall–Kier alpha value is -2.31. The Morgan fingerprint density at radius 2 is 1.87 bits per heavy atom. The fourth-order valence-electron chi connectivity index (χ4n) is 6.91. The van der Waals surface area contributed by atoms with Gasteiger partial charge in [0.05, 0.1) is 12.8 Å². The van der Waals surface area contributed by atoms with E-state index in [0.29, 0.717) is 30.7 Å². The van der Waals surface area contributed by atoms with Crippen molar-refractivity contribution in [3.8, 4) is 0 Å². The van der Waals surface area contributed by atoms with Crippen molar-refractivity contribution in [2.24, 2.45) is 17.8 Å². The molecule has 6 rings (SSSR count). The van der Waals surface area contributed by atoms with E-state index < -0.39 is 12.1 Å². The summed E-state index contributed by atoms with van der Waals surface area (Å²) in [6.07, 6.45) is 9.98. The Morgan fingerprint density at radius 1 is 1.20 bits per heavy atom. The molecule has 1 N–H and O–H groups in total. The van der Waals surface area contributed by atoms with Gasteiger partial charge in [-0.15, -0.1) is 0 Å². The molecule has 1 atom stereocenters. The Bertz CT molecular complexity index is 798. The van der Waals surface area contributed by atoms with Crippen LogP contribution in [0.2, 0.25) is 0 Å². The average molecular weight is 414 g/mol. The fraction of sp³-hybridized carbons (Fsp3) is 0.696. The number of furan rings is 1. The lowest BCUT2D eigenvalue weighted by atomic mass is 9.52. The summed E-state index contributed by atoms with van der Waals surface area (Å²) < 4.78 is 5.58. The molecule has 4 saturated carbocycles. The van der Waals surface area contributed by atoms with Gasteiger partial charge >= 0.3 is 6.03 Å². The smallest absolute Gasteiger partial charge is 0.325 e. The lowest BCUT2D eigenvalue weighted by molar-refractivity contribution is -0.155. The number of nitrogens with one attached hydrogen (secondary N) is 1. The third kappa shape index (κ3) is 3.32. The van der Waals surface area contributed by atoms with Gasteiger partial charge < -0.3 is 14.6 Å². The van der Waals surface area contributed by atoms with Crippen LogP contribution in [-0.2, 0) is 16.1 Å². The van der Waals surface area contributed by atoms with Crippen LogP contribution in [0.15, 0.2) is 22.8 Å². The van der Waals surface area contributed by atoms with Gasteiger partial charge in [0.25, 0.3) is 5.91 Å². The van der Waals surface area contributed by atoms with Crippen LogP contribution < -0.4 is 5.32 Å². The zero-order valence-corrected chi connectivity index (χ0v) is 17.6. The predicted octanol–water partition coefficient (Wildman–Crippen LogP) is 3.30. The van der Waals surface area contributed by atoms with Gasteiger partial charge in [-0.2, -0.15) is 0 Å². The van der Waals surface area contributed by atoms with Gasteiger partial charge in [0.2, 0.25) is 5.91 Å². The van der Waals surface area contributed by atoms with E-state index in [1.807, 2.05) is 24.0 Å². The standard InChI is InChI=1S/C23H31N3O4/c1-2-4-19-21(28)25(22(29)24-19)14-20(27)26(13-18-5-3-6-30-18)23-10-15-7-16(11-23)9-17(8-15)12-23/h3,5-6,15-17,19H,2,4,7-14H2,1H3,(H,24,29). The molecule has 7 heteroatoms. The van der Waals surface area contributed by atoms with Gasteiger partial charge in [0.1, 0.15) is 18.3 Å². The van der Waals surface area contributed by atoms with Crippen molar-refractivity contribution in [2.75, 3.05) is 6.54 Å². The van der Waals surface area contributed by atoms with Gasteiger partial charge in [0.15, 0.2) is 0 Å². The maximum absolute atomic E-state index is 13.6. The molecule has 1 saturated heterocycles. The summed E-state index contributed by atoms with van der Waals surface area (Å²) in [6, 6.07) is 2.78. The second kappa shape index (κ2) is 7.43. The van der Waals surface area contributed by atoms with E-state index in [-0.39, 0.29) is 23.9 Å². The molecule has 162 valence electrons. The maximum Gasteiger partial charge on any atom is 0.325 e. The summed E-state index contributed by atoms with van der Waals surface area (Å²) in [6.45, 7) is 2.19. The van der Waals surface area contributed by atoms with Gasteiger partial charge in [-0.1, -0.05) is 13.3 Å². The highest BCUT2D eigenvalue weighted by molar-refractivity contribution is 6.06. The molecule has 1 aromatic heterocycles. The molecular weight excluding hydrogens is 382 g/mol. The van der Waals surface area contributed by atoms with Crippen molar-refractivity contribution >= 4 is 17.8 Å². The van der Waals surface area contributed by atoms with Crippen molar-refractivity contribution in [3.05, 3.63) is 24.2 Å². The summed E-state index contributed by atoms with van der Waals surface area (Å²) in [5, 5.41) is 2.73. The van der Waals surface area contributed by atoms with Crippen LogP contribution >= 0.6 is 0 Å². The van der Waals surface area contributed by atoms with Crippen molar-refractivity contribution < 1.29 is 18.8 Å². The number of amides is 4. The molecule has 1 aromatic rings. The molecule has 1 aliphatic heterocycles. The van der Waals surface area contributed by atoms with Gasteiger partial charge in [0, 0.05) is 5.54 Å². The number of urea groups is 1. The molecule has 7 nitrogen and oxygen atoms in total. The van der Waals surface area contributed by atoms with Crippen LogP contribution in [0.3, 0.4) is 0 Å². The monoisotopic (exact) mass is 413 g/mol. The molecule has 5 fully saturated rings. The number of hydrogen-bond acceptors (Lipinski definition) is 4. The second-order valence-corrected chi connectivity index (χ2v) is 9.92. The van der Waals surface area contributed by atoms with E-state index in [1.54, 1.807) is 6.26 Å². The highest BCUT2D eigenvalue weighted by Crippen LogP contribution is 2.58. The number of carbonyl (C=O) groups excluding carboxylic acids is 3. The Labute approximate surface area is 177 Å². The van der Waals surface area contributed by atoms with Gasteiger partial charge in [-0.25, -0.2) is 4.79 Å². The summed E-state index contributed by atoms with van der Waals surface area (Å²) >= 11 is 0. The van der Waals surface area contributed by atoms with Crippen molar-refractivity contribution in [1.29, 1.82) is 0 Å². The molecule has 0 spiro atoms. The Kier molecular flexibility index (Phi) is 4.86. The molecule has 30 heavy (non-hydrogen) atoms. The van der Waals surface area contributed by atoms with E-state index in [0.717, 1.165) is 36.3 Å². The van der Waals surface area contributed by atoms with Crippen LogP contribution in [0.25, 0.3) is 0 Å². The first-order valence-electron chi connectivity index (χ1n) is 11.4. The van der Waals surface area contributed by atoms with E-state index >= 15 is 0 Å². The third-order valence-electron chi connectivity index (χ3n) is 7.75. The van der Waals surface area contributed by atoms with E-state index in [2.05, 4.69) is 5.32 Å². The maximum atomic E-state index is 13.6. The SMILES string of the molecule is CCCC1NC(=O)N(CC(=O)N(Cc2ccco2)C23CC4CC(CC(C4)C2)C3)C1=O. The number of imide groups is 1. The number of carbonyl (C=O) groups is 3. The first kappa shape index (κ1) is 19.6. The summed E-state index contributed by atoms with van der Waals surface area (Å²) in [7, 11) is 0. The molecular formula is C23H31N3O4. The third-order valence-corrected chi connectivity index (χ3v) is 7.75.